The third-order valence-corrected chi connectivity index (χ3v) is 6.24. The molecule has 0 aliphatic rings. The van der Waals surface area contributed by atoms with E-state index in [0.29, 0.717) is 10.2 Å². The average molecular weight is 424 g/mol. The number of furan rings is 1. The zero-order valence-corrected chi connectivity index (χ0v) is 16.2. The van der Waals surface area contributed by atoms with E-state index in [1.54, 1.807) is 41.3 Å². The summed E-state index contributed by atoms with van der Waals surface area (Å²) in [4.78, 5) is 0.196. The zero-order valence-electron chi connectivity index (χ0n) is 13.8. The van der Waals surface area contributed by atoms with E-state index in [2.05, 4.69) is 25.8 Å². The van der Waals surface area contributed by atoms with Gasteiger partial charge in [0.1, 0.15) is 11.8 Å². The Morgan fingerprint density at radius 2 is 2.00 bits per heavy atom. The highest BCUT2D eigenvalue weighted by Crippen LogP contribution is 2.23. The lowest BCUT2D eigenvalue weighted by molar-refractivity contribution is 0.397. The summed E-state index contributed by atoms with van der Waals surface area (Å²) in [5.74, 6) is 0.640. The monoisotopic (exact) mass is 423 g/mol. The maximum absolute atomic E-state index is 12.6. The molecule has 0 bridgehead atoms. The third kappa shape index (κ3) is 3.86. The van der Waals surface area contributed by atoms with Crippen LogP contribution < -0.4 is 4.72 Å². The molecule has 0 aliphatic carbocycles. The van der Waals surface area contributed by atoms with Gasteiger partial charge in [-0.05, 0) is 60.1 Å². The first kappa shape index (κ1) is 17.9. The Balaban J connectivity index is 1.90. The second kappa shape index (κ2) is 7.15. The minimum absolute atomic E-state index is 0.124. The predicted molar refractivity (Wildman–Crippen MR) is 97.9 cm³/mol. The molecule has 1 atom stereocenters. The summed E-state index contributed by atoms with van der Waals surface area (Å²) in [5.41, 5.74) is 1.79. The van der Waals surface area contributed by atoms with E-state index in [9.17, 15) is 8.42 Å². The van der Waals surface area contributed by atoms with E-state index < -0.39 is 10.0 Å². The van der Waals surface area contributed by atoms with Crippen molar-refractivity contribution in [1.82, 2.24) is 14.5 Å². The number of sulfonamides is 1. The molecule has 1 unspecified atom stereocenters. The molecule has 1 aromatic carbocycles. The van der Waals surface area contributed by atoms with Crippen molar-refractivity contribution in [3.8, 4) is 0 Å². The van der Waals surface area contributed by atoms with Crippen molar-refractivity contribution in [2.45, 2.75) is 24.8 Å². The minimum Gasteiger partial charge on any atom is -0.467 e. The summed E-state index contributed by atoms with van der Waals surface area (Å²) in [7, 11) is -3.67. The minimum atomic E-state index is -3.67. The molecule has 6 nitrogen and oxygen atoms in total. The topological polar surface area (TPSA) is 77.1 Å². The van der Waals surface area contributed by atoms with Gasteiger partial charge in [-0.15, -0.1) is 0 Å². The highest BCUT2D eigenvalue weighted by atomic mass is 79.9. The molecule has 25 heavy (non-hydrogen) atoms. The molecule has 132 valence electrons. The van der Waals surface area contributed by atoms with Crippen LogP contribution in [0.5, 0.6) is 0 Å². The first-order valence-corrected chi connectivity index (χ1v) is 9.96. The summed E-state index contributed by atoms with van der Waals surface area (Å²) >= 11 is 3.28. The van der Waals surface area contributed by atoms with Crippen LogP contribution in [0, 0.1) is 13.8 Å². The van der Waals surface area contributed by atoms with E-state index >= 15 is 0 Å². The van der Waals surface area contributed by atoms with E-state index in [4.69, 9.17) is 4.42 Å². The maximum Gasteiger partial charge on any atom is 0.241 e. The fourth-order valence-corrected chi connectivity index (χ4v) is 4.72. The fraction of sp³-hybridized carbons (Fsp3) is 0.235. The molecule has 0 fully saturated rings. The van der Waals surface area contributed by atoms with E-state index in [1.807, 2.05) is 26.0 Å². The quantitative estimate of drug-likeness (QED) is 0.658. The second-order valence-electron chi connectivity index (χ2n) is 5.69. The summed E-state index contributed by atoms with van der Waals surface area (Å²) in [6, 6.07) is 11.9. The first-order chi connectivity index (χ1) is 11.9. The number of benzene rings is 1. The number of nitrogens with zero attached hydrogens (tertiary/aromatic N) is 2. The van der Waals surface area contributed by atoms with Crippen molar-refractivity contribution in [3.05, 3.63) is 70.3 Å². The van der Waals surface area contributed by atoms with Crippen LogP contribution in [-0.4, -0.2) is 24.7 Å². The van der Waals surface area contributed by atoms with Crippen molar-refractivity contribution in [1.29, 1.82) is 0 Å². The molecule has 0 saturated carbocycles. The molecule has 0 spiro atoms. The molecule has 3 rings (SSSR count). The smallest absolute Gasteiger partial charge is 0.241 e. The lowest BCUT2D eigenvalue weighted by atomic mass is 10.2. The van der Waals surface area contributed by atoms with Crippen LogP contribution in [0.15, 0.2) is 62.5 Å². The van der Waals surface area contributed by atoms with Crippen molar-refractivity contribution in [2.24, 2.45) is 0 Å². The van der Waals surface area contributed by atoms with Gasteiger partial charge >= 0.3 is 0 Å². The van der Waals surface area contributed by atoms with Gasteiger partial charge in [0.05, 0.1) is 16.9 Å². The number of rotatable bonds is 6. The maximum atomic E-state index is 12.6. The summed E-state index contributed by atoms with van der Waals surface area (Å²) in [5, 5.41) is 4.47. The lowest BCUT2D eigenvalue weighted by Crippen LogP contribution is -2.32. The molecule has 1 N–H and O–H groups in total. The highest BCUT2D eigenvalue weighted by Gasteiger charge is 2.24. The van der Waals surface area contributed by atoms with Crippen LogP contribution in [0.1, 0.15) is 23.2 Å². The Morgan fingerprint density at radius 1 is 1.24 bits per heavy atom. The van der Waals surface area contributed by atoms with Gasteiger partial charge in [0, 0.05) is 16.7 Å². The van der Waals surface area contributed by atoms with Crippen molar-refractivity contribution in [3.63, 3.8) is 0 Å². The normalized spacial score (nSPS) is 13.1. The van der Waals surface area contributed by atoms with E-state index in [-0.39, 0.29) is 17.5 Å². The van der Waals surface area contributed by atoms with Crippen molar-refractivity contribution < 1.29 is 12.8 Å². The Morgan fingerprint density at radius 3 is 2.60 bits per heavy atom. The third-order valence-electron chi connectivity index (χ3n) is 3.80. The summed E-state index contributed by atoms with van der Waals surface area (Å²) < 4.78 is 35.8. The number of aromatic nitrogens is 2. The van der Waals surface area contributed by atoms with Gasteiger partial charge in [0.2, 0.25) is 10.0 Å². The highest BCUT2D eigenvalue weighted by molar-refractivity contribution is 9.10. The second-order valence-corrected chi connectivity index (χ2v) is 8.27. The molecular weight excluding hydrogens is 406 g/mol. The summed E-state index contributed by atoms with van der Waals surface area (Å²) in [6.07, 6.45) is 1.57. The largest absolute Gasteiger partial charge is 0.467 e. The number of hydrogen-bond acceptors (Lipinski definition) is 4. The number of aryl methyl sites for hydroxylation is 2. The Bertz CT molecular complexity index is 965. The molecule has 3 aromatic rings. The molecule has 2 heterocycles. The first-order valence-electron chi connectivity index (χ1n) is 7.69. The van der Waals surface area contributed by atoms with Gasteiger partial charge in [0.25, 0.3) is 0 Å². The lowest BCUT2D eigenvalue weighted by Gasteiger charge is -2.18. The number of hydrogen-bond donors (Lipinski definition) is 1. The molecule has 2 aromatic heterocycles. The molecule has 8 heteroatoms. The van der Waals surface area contributed by atoms with Crippen LogP contribution in [0.4, 0.5) is 0 Å². The van der Waals surface area contributed by atoms with Crippen LogP contribution in [-0.2, 0) is 10.0 Å². The van der Waals surface area contributed by atoms with Gasteiger partial charge in [-0.1, -0.05) is 12.1 Å². The van der Waals surface area contributed by atoms with Gasteiger partial charge < -0.3 is 4.42 Å². The van der Waals surface area contributed by atoms with Gasteiger partial charge in [-0.3, -0.25) is 4.68 Å². The molecule has 0 radical (unpaired) electrons. The van der Waals surface area contributed by atoms with Crippen molar-refractivity contribution in [2.75, 3.05) is 6.54 Å². The van der Waals surface area contributed by atoms with E-state index in [0.717, 1.165) is 11.4 Å². The van der Waals surface area contributed by atoms with Crippen LogP contribution in [0.25, 0.3) is 0 Å². The van der Waals surface area contributed by atoms with E-state index in [1.165, 1.54) is 0 Å². The van der Waals surface area contributed by atoms with Crippen LogP contribution in [0.2, 0.25) is 0 Å². The Hall–Kier alpha value is -1.90. The molecule has 0 aliphatic heterocycles. The van der Waals surface area contributed by atoms with Crippen LogP contribution >= 0.6 is 15.9 Å². The average Bonchev–Trinajstić information content (AvgIpc) is 3.18. The molecule has 0 amide bonds. The Kier molecular flexibility index (Phi) is 5.12. The zero-order chi connectivity index (χ0) is 18.0. The SMILES string of the molecule is Cc1cc(C)n(C(CNS(=O)(=O)c2ccccc2Br)c2ccco2)n1. The van der Waals surface area contributed by atoms with Gasteiger partial charge in [-0.25, -0.2) is 13.1 Å². The fourth-order valence-electron chi connectivity index (χ4n) is 2.68. The van der Waals surface area contributed by atoms with Crippen LogP contribution in [0.3, 0.4) is 0 Å². The van der Waals surface area contributed by atoms with Gasteiger partial charge in [-0.2, -0.15) is 5.10 Å². The molecular formula is C17H18BrN3O3S. The Labute approximate surface area is 155 Å². The summed E-state index contributed by atoms with van der Waals surface area (Å²) in [6.45, 7) is 3.95. The predicted octanol–water partition coefficient (Wildman–Crippen LogP) is 3.42. The molecule has 0 saturated heterocycles. The van der Waals surface area contributed by atoms with Crippen molar-refractivity contribution >= 4 is 26.0 Å². The number of halogens is 1. The standard InChI is InChI=1S/C17H18BrN3O3S/c1-12-10-13(2)21(20-12)15(16-7-5-9-24-16)11-19-25(22,23)17-8-4-3-6-14(17)18/h3-10,15,19H,11H2,1-2H3. The van der Waals surface area contributed by atoms with Gasteiger partial charge in [0.15, 0.2) is 0 Å². The number of nitrogens with one attached hydrogen (secondary N) is 1.